The van der Waals surface area contributed by atoms with Crippen LogP contribution in [0.2, 0.25) is 0 Å². The summed E-state index contributed by atoms with van der Waals surface area (Å²) in [6, 6.07) is 15.6. The monoisotopic (exact) mass is 389 g/mol. The topological polar surface area (TPSA) is 72.9 Å². The van der Waals surface area contributed by atoms with Crippen LogP contribution < -0.4 is 0 Å². The second-order valence-electron chi connectivity index (χ2n) is 6.48. The molecule has 7 heteroatoms. The minimum Gasteiger partial charge on any atom is -0.378 e. The Morgan fingerprint density at radius 2 is 1.70 bits per heavy atom. The maximum Gasteiger partial charge on any atom is 0.297 e. The van der Waals surface area contributed by atoms with Crippen LogP contribution in [0.15, 0.2) is 59.5 Å². The second kappa shape index (κ2) is 8.65. The molecule has 0 aliphatic carbocycles. The van der Waals surface area contributed by atoms with Gasteiger partial charge < -0.3 is 9.64 Å². The van der Waals surface area contributed by atoms with Crippen LogP contribution >= 0.6 is 0 Å². The molecule has 3 rings (SSSR count). The van der Waals surface area contributed by atoms with Gasteiger partial charge in [0.2, 0.25) is 0 Å². The lowest BCUT2D eigenvalue weighted by Gasteiger charge is -2.30. The van der Waals surface area contributed by atoms with Gasteiger partial charge in [-0.05, 0) is 24.6 Å². The molecule has 0 aromatic heterocycles. The van der Waals surface area contributed by atoms with Gasteiger partial charge in [-0.1, -0.05) is 48.0 Å². The molecule has 6 nitrogen and oxygen atoms in total. The molecule has 1 aliphatic heterocycles. The first-order chi connectivity index (χ1) is 13.0. The SMILES string of the molecule is Cc1ccc(S(=O)(=O)O[C@H](Cc2ccccc2)C(=O)N2CCOCC2)cc1. The molecule has 2 aromatic rings. The summed E-state index contributed by atoms with van der Waals surface area (Å²) in [5, 5.41) is 0. The van der Waals surface area contributed by atoms with Gasteiger partial charge in [0.15, 0.2) is 6.10 Å². The molecule has 0 spiro atoms. The van der Waals surface area contributed by atoms with Gasteiger partial charge in [0, 0.05) is 19.5 Å². The van der Waals surface area contributed by atoms with E-state index in [4.69, 9.17) is 8.92 Å². The average Bonchev–Trinajstić information content (AvgIpc) is 2.68. The van der Waals surface area contributed by atoms with Gasteiger partial charge in [0.25, 0.3) is 16.0 Å². The van der Waals surface area contributed by atoms with Crippen LogP contribution in [-0.4, -0.2) is 51.6 Å². The molecule has 0 N–H and O–H groups in total. The normalized spacial score (nSPS) is 16.1. The zero-order valence-electron chi connectivity index (χ0n) is 15.2. The summed E-state index contributed by atoms with van der Waals surface area (Å²) in [6.07, 6.45) is -0.931. The number of carbonyl (C=O) groups excluding carboxylic acids is 1. The Hall–Kier alpha value is -2.22. The van der Waals surface area contributed by atoms with E-state index in [0.717, 1.165) is 11.1 Å². The van der Waals surface area contributed by atoms with Gasteiger partial charge >= 0.3 is 0 Å². The number of nitrogens with zero attached hydrogens (tertiary/aromatic N) is 1. The molecule has 1 heterocycles. The molecule has 144 valence electrons. The van der Waals surface area contributed by atoms with E-state index in [1.807, 2.05) is 37.3 Å². The third kappa shape index (κ3) is 5.15. The van der Waals surface area contributed by atoms with Crippen molar-refractivity contribution in [3.63, 3.8) is 0 Å². The van der Waals surface area contributed by atoms with Crippen molar-refractivity contribution < 1.29 is 22.1 Å². The van der Waals surface area contributed by atoms with Crippen LogP contribution in [0.4, 0.5) is 0 Å². The van der Waals surface area contributed by atoms with E-state index in [1.54, 1.807) is 17.0 Å². The number of ether oxygens (including phenoxy) is 1. The summed E-state index contributed by atoms with van der Waals surface area (Å²) in [5.74, 6) is -0.335. The van der Waals surface area contributed by atoms with Gasteiger partial charge in [-0.25, -0.2) is 0 Å². The first kappa shape index (κ1) is 19.5. The van der Waals surface area contributed by atoms with E-state index in [-0.39, 0.29) is 17.2 Å². The maximum atomic E-state index is 12.9. The van der Waals surface area contributed by atoms with Crippen molar-refractivity contribution in [1.29, 1.82) is 0 Å². The molecule has 1 aliphatic rings. The maximum absolute atomic E-state index is 12.9. The number of hydrogen-bond acceptors (Lipinski definition) is 5. The minimum atomic E-state index is -4.06. The fourth-order valence-corrected chi connectivity index (χ4v) is 3.93. The predicted octanol–water partition coefficient (Wildman–Crippen LogP) is 2.17. The molecule has 1 atom stereocenters. The van der Waals surface area contributed by atoms with Crippen molar-refractivity contribution >= 4 is 16.0 Å². The van der Waals surface area contributed by atoms with Crippen molar-refractivity contribution in [2.24, 2.45) is 0 Å². The molecular formula is C20H23NO5S. The lowest BCUT2D eigenvalue weighted by molar-refractivity contribution is -0.142. The largest absolute Gasteiger partial charge is 0.378 e. The van der Waals surface area contributed by atoms with Gasteiger partial charge in [-0.15, -0.1) is 0 Å². The predicted molar refractivity (Wildman–Crippen MR) is 101 cm³/mol. The van der Waals surface area contributed by atoms with Crippen molar-refractivity contribution in [1.82, 2.24) is 4.90 Å². The van der Waals surface area contributed by atoms with E-state index < -0.39 is 16.2 Å². The molecule has 0 unspecified atom stereocenters. The van der Waals surface area contributed by atoms with Crippen molar-refractivity contribution in [3.05, 3.63) is 65.7 Å². The van der Waals surface area contributed by atoms with Crippen LogP contribution in [0.3, 0.4) is 0 Å². The molecule has 0 saturated carbocycles. The first-order valence-electron chi connectivity index (χ1n) is 8.86. The Bertz CT molecular complexity index is 859. The fourth-order valence-electron chi connectivity index (χ4n) is 2.89. The zero-order chi connectivity index (χ0) is 19.3. The molecular weight excluding hydrogens is 366 g/mol. The summed E-state index contributed by atoms with van der Waals surface area (Å²) >= 11 is 0. The van der Waals surface area contributed by atoms with Crippen molar-refractivity contribution in [3.8, 4) is 0 Å². The Morgan fingerprint density at radius 3 is 2.33 bits per heavy atom. The summed E-state index contributed by atoms with van der Waals surface area (Å²) in [5.41, 5.74) is 1.78. The van der Waals surface area contributed by atoms with Crippen LogP contribution in [0.5, 0.6) is 0 Å². The van der Waals surface area contributed by atoms with Crippen molar-refractivity contribution in [2.45, 2.75) is 24.3 Å². The molecule has 1 fully saturated rings. The molecule has 0 radical (unpaired) electrons. The van der Waals surface area contributed by atoms with Crippen LogP contribution in [0.25, 0.3) is 0 Å². The Morgan fingerprint density at radius 1 is 1.07 bits per heavy atom. The lowest BCUT2D eigenvalue weighted by atomic mass is 10.1. The summed E-state index contributed by atoms with van der Waals surface area (Å²) in [4.78, 5) is 14.6. The minimum absolute atomic E-state index is 0.0425. The van der Waals surface area contributed by atoms with E-state index in [9.17, 15) is 13.2 Å². The highest BCUT2D eigenvalue weighted by Gasteiger charge is 2.32. The fraction of sp³-hybridized carbons (Fsp3) is 0.350. The van der Waals surface area contributed by atoms with E-state index in [2.05, 4.69) is 0 Å². The van der Waals surface area contributed by atoms with E-state index in [1.165, 1.54) is 12.1 Å². The summed E-state index contributed by atoms with van der Waals surface area (Å²) in [7, 11) is -4.06. The van der Waals surface area contributed by atoms with Gasteiger partial charge in [-0.3, -0.25) is 8.98 Å². The van der Waals surface area contributed by atoms with E-state index in [0.29, 0.717) is 26.3 Å². The molecule has 27 heavy (non-hydrogen) atoms. The highest BCUT2D eigenvalue weighted by molar-refractivity contribution is 7.86. The zero-order valence-corrected chi connectivity index (χ0v) is 16.0. The van der Waals surface area contributed by atoms with Gasteiger partial charge in [-0.2, -0.15) is 8.42 Å². The Balaban J connectivity index is 1.84. The number of hydrogen-bond donors (Lipinski definition) is 0. The lowest BCUT2D eigenvalue weighted by Crippen LogP contribution is -2.47. The van der Waals surface area contributed by atoms with Crippen LogP contribution in [0, 0.1) is 6.92 Å². The second-order valence-corrected chi connectivity index (χ2v) is 8.05. The van der Waals surface area contributed by atoms with E-state index >= 15 is 0 Å². The number of amides is 1. The molecule has 1 saturated heterocycles. The van der Waals surface area contributed by atoms with Gasteiger partial charge in [0.1, 0.15) is 0 Å². The molecule has 1 amide bonds. The third-order valence-electron chi connectivity index (χ3n) is 4.41. The molecule has 0 bridgehead atoms. The third-order valence-corrected chi connectivity index (χ3v) is 5.75. The number of morpholine rings is 1. The number of carbonyl (C=O) groups is 1. The van der Waals surface area contributed by atoms with Crippen LogP contribution in [-0.2, 0) is 30.3 Å². The Kier molecular flexibility index (Phi) is 6.26. The quantitative estimate of drug-likeness (QED) is 0.708. The molecule has 2 aromatic carbocycles. The number of benzene rings is 2. The number of rotatable bonds is 6. The Labute approximate surface area is 159 Å². The van der Waals surface area contributed by atoms with Crippen LogP contribution in [0.1, 0.15) is 11.1 Å². The smallest absolute Gasteiger partial charge is 0.297 e. The first-order valence-corrected chi connectivity index (χ1v) is 10.3. The summed E-state index contributed by atoms with van der Waals surface area (Å²) in [6.45, 7) is 3.61. The standard InChI is InChI=1S/C20H23NO5S/c1-16-7-9-18(10-8-16)27(23,24)26-19(15-17-5-3-2-4-6-17)20(22)21-11-13-25-14-12-21/h2-10,19H,11-15H2,1H3/t19-/m1/s1. The highest BCUT2D eigenvalue weighted by Crippen LogP contribution is 2.19. The average molecular weight is 389 g/mol. The highest BCUT2D eigenvalue weighted by atomic mass is 32.2. The van der Waals surface area contributed by atoms with Crippen molar-refractivity contribution in [2.75, 3.05) is 26.3 Å². The summed E-state index contributed by atoms with van der Waals surface area (Å²) < 4.78 is 36.1. The number of aryl methyl sites for hydroxylation is 1. The van der Waals surface area contributed by atoms with Gasteiger partial charge in [0.05, 0.1) is 18.1 Å².